The molecule has 0 amide bonds. The summed E-state index contributed by atoms with van der Waals surface area (Å²) in [7, 11) is 3.03. The Morgan fingerprint density at radius 2 is 1.69 bits per heavy atom. The molecule has 16 heavy (non-hydrogen) atoms. The molecule has 1 atom stereocenters. The number of hydrogen-bond acceptors (Lipinski definition) is 3. The van der Waals surface area contributed by atoms with E-state index in [1.165, 1.54) is 19.8 Å². The molecule has 0 fully saturated rings. The Bertz CT molecular complexity index is 291. The van der Waals surface area contributed by atoms with E-state index in [1.54, 1.807) is 0 Å². The Kier molecular flexibility index (Phi) is 5.46. The standard InChI is InChI=1S/C13H20O3/c1-4-5-10-6-8-11(9-7-10)12(14)13(15-2)16-3/h6-9,12-14H,4-5H2,1-3H3. The number of benzene rings is 1. The van der Waals surface area contributed by atoms with Crippen molar-refractivity contribution in [3.05, 3.63) is 35.4 Å². The van der Waals surface area contributed by atoms with E-state index in [-0.39, 0.29) is 0 Å². The number of aryl methyl sites for hydroxylation is 1. The van der Waals surface area contributed by atoms with Crippen molar-refractivity contribution in [1.29, 1.82) is 0 Å². The molecule has 1 rings (SSSR count). The zero-order chi connectivity index (χ0) is 12.0. The zero-order valence-corrected chi connectivity index (χ0v) is 10.1. The van der Waals surface area contributed by atoms with Crippen molar-refractivity contribution in [2.45, 2.75) is 32.2 Å². The molecule has 3 heteroatoms. The minimum atomic E-state index is -0.745. The van der Waals surface area contributed by atoms with Crippen molar-refractivity contribution in [2.75, 3.05) is 14.2 Å². The molecule has 3 nitrogen and oxygen atoms in total. The number of aliphatic hydroxyl groups excluding tert-OH is 1. The Labute approximate surface area is 97.0 Å². The van der Waals surface area contributed by atoms with Crippen LogP contribution in [0.3, 0.4) is 0 Å². The van der Waals surface area contributed by atoms with E-state index < -0.39 is 12.4 Å². The maximum absolute atomic E-state index is 9.95. The highest BCUT2D eigenvalue weighted by Crippen LogP contribution is 2.20. The van der Waals surface area contributed by atoms with Gasteiger partial charge in [-0.1, -0.05) is 37.6 Å². The van der Waals surface area contributed by atoms with Crippen LogP contribution in [0.5, 0.6) is 0 Å². The first-order valence-electron chi connectivity index (χ1n) is 5.55. The average Bonchev–Trinajstić information content (AvgIpc) is 2.32. The second-order valence-electron chi connectivity index (χ2n) is 3.78. The van der Waals surface area contributed by atoms with Gasteiger partial charge in [-0.3, -0.25) is 0 Å². The summed E-state index contributed by atoms with van der Waals surface area (Å²) in [4.78, 5) is 0. The molecule has 0 radical (unpaired) electrons. The second kappa shape index (κ2) is 6.63. The van der Waals surface area contributed by atoms with Gasteiger partial charge < -0.3 is 14.6 Å². The van der Waals surface area contributed by atoms with E-state index in [9.17, 15) is 5.11 Å². The molecule has 1 aromatic rings. The molecule has 0 saturated carbocycles. The van der Waals surface area contributed by atoms with Crippen LogP contribution in [-0.2, 0) is 15.9 Å². The molecule has 0 saturated heterocycles. The van der Waals surface area contributed by atoms with Crippen LogP contribution in [0.2, 0.25) is 0 Å². The molecule has 0 aliphatic carbocycles. The van der Waals surface area contributed by atoms with Gasteiger partial charge in [0.15, 0.2) is 6.29 Å². The normalized spacial score (nSPS) is 13.1. The quantitative estimate of drug-likeness (QED) is 0.753. The lowest BCUT2D eigenvalue weighted by molar-refractivity contribution is -0.166. The summed E-state index contributed by atoms with van der Waals surface area (Å²) < 4.78 is 10.0. The molecule has 0 spiro atoms. The van der Waals surface area contributed by atoms with Crippen LogP contribution >= 0.6 is 0 Å². The van der Waals surface area contributed by atoms with Crippen LogP contribution in [0.25, 0.3) is 0 Å². The van der Waals surface area contributed by atoms with E-state index in [0.717, 1.165) is 18.4 Å². The van der Waals surface area contributed by atoms with Crippen molar-refractivity contribution in [3.8, 4) is 0 Å². The zero-order valence-electron chi connectivity index (χ0n) is 10.1. The highest BCUT2D eigenvalue weighted by molar-refractivity contribution is 5.24. The van der Waals surface area contributed by atoms with Crippen LogP contribution in [0.4, 0.5) is 0 Å². The van der Waals surface area contributed by atoms with Crippen molar-refractivity contribution in [2.24, 2.45) is 0 Å². The lowest BCUT2D eigenvalue weighted by atomic mass is 10.0. The van der Waals surface area contributed by atoms with Crippen molar-refractivity contribution in [1.82, 2.24) is 0 Å². The van der Waals surface area contributed by atoms with E-state index in [0.29, 0.717) is 0 Å². The van der Waals surface area contributed by atoms with Gasteiger partial charge in [-0.05, 0) is 17.5 Å². The van der Waals surface area contributed by atoms with Gasteiger partial charge in [0.2, 0.25) is 0 Å². The summed E-state index contributed by atoms with van der Waals surface area (Å²) in [5.41, 5.74) is 2.10. The molecule has 0 aliphatic heterocycles. The van der Waals surface area contributed by atoms with Gasteiger partial charge in [0.05, 0.1) is 0 Å². The van der Waals surface area contributed by atoms with Crippen molar-refractivity contribution < 1.29 is 14.6 Å². The van der Waals surface area contributed by atoms with Crippen LogP contribution in [0.1, 0.15) is 30.6 Å². The third-order valence-corrected chi connectivity index (χ3v) is 2.58. The van der Waals surface area contributed by atoms with E-state index in [1.807, 2.05) is 24.3 Å². The van der Waals surface area contributed by atoms with E-state index in [4.69, 9.17) is 9.47 Å². The summed E-state index contributed by atoms with van der Waals surface area (Å²) >= 11 is 0. The summed E-state index contributed by atoms with van der Waals surface area (Å²) in [6.45, 7) is 2.15. The minimum absolute atomic E-state index is 0.614. The summed E-state index contributed by atoms with van der Waals surface area (Å²) in [6, 6.07) is 7.90. The van der Waals surface area contributed by atoms with Gasteiger partial charge >= 0.3 is 0 Å². The Morgan fingerprint density at radius 1 is 1.12 bits per heavy atom. The third-order valence-electron chi connectivity index (χ3n) is 2.58. The highest BCUT2D eigenvalue weighted by atomic mass is 16.7. The van der Waals surface area contributed by atoms with Crippen molar-refractivity contribution >= 4 is 0 Å². The molecule has 1 unspecified atom stereocenters. The summed E-state index contributed by atoms with van der Waals surface area (Å²) in [5, 5.41) is 9.95. The molecule has 1 aromatic carbocycles. The monoisotopic (exact) mass is 224 g/mol. The predicted octanol–water partition coefficient (Wildman–Crippen LogP) is 2.29. The van der Waals surface area contributed by atoms with Crippen LogP contribution < -0.4 is 0 Å². The Hall–Kier alpha value is -0.900. The average molecular weight is 224 g/mol. The van der Waals surface area contributed by atoms with E-state index in [2.05, 4.69) is 6.92 Å². The fourth-order valence-electron chi connectivity index (χ4n) is 1.68. The molecule has 0 bridgehead atoms. The predicted molar refractivity (Wildman–Crippen MR) is 63.2 cm³/mol. The SMILES string of the molecule is CCCc1ccc(C(O)C(OC)OC)cc1. The number of rotatable bonds is 6. The van der Waals surface area contributed by atoms with Gasteiger partial charge in [-0.25, -0.2) is 0 Å². The summed E-state index contributed by atoms with van der Waals surface area (Å²) in [5.74, 6) is 0. The summed E-state index contributed by atoms with van der Waals surface area (Å²) in [6.07, 6.45) is 0.831. The Balaban J connectivity index is 2.72. The first-order valence-corrected chi connectivity index (χ1v) is 5.55. The van der Waals surface area contributed by atoms with Gasteiger partial charge in [-0.2, -0.15) is 0 Å². The largest absolute Gasteiger partial charge is 0.383 e. The smallest absolute Gasteiger partial charge is 0.187 e. The van der Waals surface area contributed by atoms with Gasteiger partial charge in [0.25, 0.3) is 0 Å². The molecule has 0 aromatic heterocycles. The maximum atomic E-state index is 9.95. The molecular formula is C13H20O3. The number of aliphatic hydroxyl groups is 1. The number of methoxy groups -OCH3 is 2. The highest BCUT2D eigenvalue weighted by Gasteiger charge is 2.19. The number of hydrogen-bond donors (Lipinski definition) is 1. The molecule has 0 heterocycles. The van der Waals surface area contributed by atoms with Gasteiger partial charge in [0, 0.05) is 14.2 Å². The second-order valence-corrected chi connectivity index (χ2v) is 3.78. The van der Waals surface area contributed by atoms with E-state index >= 15 is 0 Å². The fourth-order valence-corrected chi connectivity index (χ4v) is 1.68. The topological polar surface area (TPSA) is 38.7 Å². The molecule has 90 valence electrons. The maximum Gasteiger partial charge on any atom is 0.187 e. The van der Waals surface area contributed by atoms with Crippen molar-refractivity contribution in [3.63, 3.8) is 0 Å². The van der Waals surface area contributed by atoms with Gasteiger partial charge in [0.1, 0.15) is 6.10 Å². The van der Waals surface area contributed by atoms with Crippen LogP contribution in [-0.4, -0.2) is 25.6 Å². The molecular weight excluding hydrogens is 204 g/mol. The first-order chi connectivity index (χ1) is 7.72. The van der Waals surface area contributed by atoms with Crippen LogP contribution in [0.15, 0.2) is 24.3 Å². The van der Waals surface area contributed by atoms with Crippen LogP contribution in [0, 0.1) is 0 Å². The fraction of sp³-hybridized carbons (Fsp3) is 0.538. The number of ether oxygens (including phenoxy) is 2. The first kappa shape index (κ1) is 13.2. The molecule has 0 aliphatic rings. The lowest BCUT2D eigenvalue weighted by Crippen LogP contribution is -2.22. The minimum Gasteiger partial charge on any atom is -0.383 e. The third kappa shape index (κ3) is 3.30. The van der Waals surface area contributed by atoms with Gasteiger partial charge in [-0.15, -0.1) is 0 Å². The lowest BCUT2D eigenvalue weighted by Gasteiger charge is -2.20. The Morgan fingerprint density at radius 3 is 2.12 bits per heavy atom. The molecule has 1 N–H and O–H groups in total.